The van der Waals surface area contributed by atoms with Crippen molar-refractivity contribution < 1.29 is 4.39 Å². The van der Waals surface area contributed by atoms with Crippen LogP contribution in [-0.4, -0.2) is 0 Å². The summed E-state index contributed by atoms with van der Waals surface area (Å²) in [5.41, 5.74) is 0.924. The largest absolute Gasteiger partial charge is 0.207 e. The van der Waals surface area contributed by atoms with E-state index in [1.165, 1.54) is 23.9 Å². The number of benzene rings is 2. The van der Waals surface area contributed by atoms with E-state index >= 15 is 0 Å². The van der Waals surface area contributed by atoms with Gasteiger partial charge in [0.1, 0.15) is 5.82 Å². The highest BCUT2D eigenvalue weighted by atomic mass is 35.5. The summed E-state index contributed by atoms with van der Waals surface area (Å²) in [4.78, 5) is 1.84. The van der Waals surface area contributed by atoms with Crippen LogP contribution in [0.5, 0.6) is 0 Å². The van der Waals surface area contributed by atoms with E-state index in [2.05, 4.69) is 0 Å². The Labute approximate surface area is 114 Å². The smallest absolute Gasteiger partial charge is 0.124 e. The number of rotatable bonds is 3. The number of hydrogen-bond donors (Lipinski definition) is 0. The molecule has 0 radical (unpaired) electrons. The second-order valence-corrected chi connectivity index (χ2v) is 5.26. The Bertz CT molecular complexity index is 511. The zero-order valence-electron chi connectivity index (χ0n) is 8.79. The van der Waals surface area contributed by atoms with Crippen molar-refractivity contribution in [3.63, 3.8) is 0 Å². The third kappa shape index (κ3) is 3.38. The first-order chi connectivity index (χ1) is 8.19. The fourth-order valence-corrected chi connectivity index (χ4v) is 2.77. The van der Waals surface area contributed by atoms with Gasteiger partial charge in [0.15, 0.2) is 0 Å². The molecule has 0 saturated carbocycles. The molecule has 0 aromatic heterocycles. The number of alkyl halides is 1. The molecule has 17 heavy (non-hydrogen) atoms. The van der Waals surface area contributed by atoms with E-state index in [0.29, 0.717) is 10.9 Å². The van der Waals surface area contributed by atoms with Crippen LogP contribution in [0.3, 0.4) is 0 Å². The summed E-state index contributed by atoms with van der Waals surface area (Å²) in [6, 6.07) is 12.0. The van der Waals surface area contributed by atoms with Gasteiger partial charge in [-0.2, -0.15) is 0 Å². The summed E-state index contributed by atoms with van der Waals surface area (Å²) >= 11 is 13.1. The first kappa shape index (κ1) is 12.7. The van der Waals surface area contributed by atoms with Crippen molar-refractivity contribution in [3.8, 4) is 0 Å². The molecule has 0 aliphatic heterocycles. The summed E-state index contributed by atoms with van der Waals surface area (Å²) in [6.07, 6.45) is 0. The predicted molar refractivity (Wildman–Crippen MR) is 71.5 cm³/mol. The van der Waals surface area contributed by atoms with E-state index in [-0.39, 0.29) is 5.82 Å². The average Bonchev–Trinajstić information content (AvgIpc) is 2.32. The van der Waals surface area contributed by atoms with Gasteiger partial charge in [-0.1, -0.05) is 29.4 Å². The van der Waals surface area contributed by atoms with Gasteiger partial charge >= 0.3 is 0 Å². The van der Waals surface area contributed by atoms with Gasteiger partial charge in [-0.25, -0.2) is 4.39 Å². The van der Waals surface area contributed by atoms with E-state index in [1.54, 1.807) is 6.07 Å². The molecule has 0 amide bonds. The Morgan fingerprint density at radius 1 is 1.06 bits per heavy atom. The maximum absolute atomic E-state index is 13.2. The van der Waals surface area contributed by atoms with Crippen LogP contribution >= 0.6 is 35.0 Å². The molecule has 88 valence electrons. The molecule has 0 atom stereocenters. The third-order valence-electron chi connectivity index (χ3n) is 2.21. The quantitative estimate of drug-likeness (QED) is 0.684. The number of hydrogen-bond acceptors (Lipinski definition) is 1. The molecule has 0 fully saturated rings. The monoisotopic (exact) mass is 286 g/mol. The lowest BCUT2D eigenvalue weighted by molar-refractivity contribution is 0.623. The SMILES string of the molecule is Fc1ccc(CCl)c(Sc2ccc(Cl)cc2)c1. The van der Waals surface area contributed by atoms with Crippen LogP contribution in [-0.2, 0) is 5.88 Å². The normalized spacial score (nSPS) is 10.5. The summed E-state index contributed by atoms with van der Waals surface area (Å²) in [7, 11) is 0. The zero-order chi connectivity index (χ0) is 12.3. The predicted octanol–water partition coefficient (Wildman–Crippen LogP) is 5.37. The summed E-state index contributed by atoms with van der Waals surface area (Å²) in [5, 5.41) is 0.686. The third-order valence-corrected chi connectivity index (χ3v) is 3.86. The Balaban J connectivity index is 2.28. The van der Waals surface area contributed by atoms with Crippen LogP contribution < -0.4 is 0 Å². The second kappa shape index (κ2) is 5.76. The Hall–Kier alpha value is -0.700. The van der Waals surface area contributed by atoms with Crippen LogP contribution in [0.15, 0.2) is 52.3 Å². The van der Waals surface area contributed by atoms with Crippen molar-refractivity contribution in [2.24, 2.45) is 0 Å². The van der Waals surface area contributed by atoms with Crippen molar-refractivity contribution >= 4 is 35.0 Å². The van der Waals surface area contributed by atoms with Crippen molar-refractivity contribution in [1.29, 1.82) is 0 Å². The molecule has 0 nitrogen and oxygen atoms in total. The minimum atomic E-state index is -0.254. The zero-order valence-corrected chi connectivity index (χ0v) is 11.1. The van der Waals surface area contributed by atoms with Gasteiger partial charge in [0.25, 0.3) is 0 Å². The first-order valence-corrected chi connectivity index (χ1v) is 6.70. The van der Waals surface area contributed by atoms with Crippen LogP contribution in [0.1, 0.15) is 5.56 Å². The lowest BCUT2D eigenvalue weighted by Crippen LogP contribution is -1.85. The maximum atomic E-state index is 13.2. The second-order valence-electron chi connectivity index (χ2n) is 3.44. The highest BCUT2D eigenvalue weighted by Gasteiger charge is 2.05. The fourth-order valence-electron chi connectivity index (χ4n) is 1.36. The first-order valence-electron chi connectivity index (χ1n) is 4.97. The van der Waals surface area contributed by atoms with E-state index in [0.717, 1.165) is 15.4 Å². The van der Waals surface area contributed by atoms with E-state index < -0.39 is 0 Å². The lowest BCUT2D eigenvalue weighted by Gasteiger charge is -2.07. The highest BCUT2D eigenvalue weighted by molar-refractivity contribution is 7.99. The molecule has 0 unspecified atom stereocenters. The fraction of sp³-hybridized carbons (Fsp3) is 0.0769. The van der Waals surface area contributed by atoms with E-state index in [1.807, 2.05) is 24.3 Å². The minimum Gasteiger partial charge on any atom is -0.207 e. The van der Waals surface area contributed by atoms with Gasteiger partial charge in [0, 0.05) is 20.7 Å². The van der Waals surface area contributed by atoms with Gasteiger partial charge in [0.2, 0.25) is 0 Å². The van der Waals surface area contributed by atoms with Crippen molar-refractivity contribution in [2.45, 2.75) is 15.7 Å². The summed E-state index contributed by atoms with van der Waals surface area (Å²) in [6.45, 7) is 0. The molecule has 2 rings (SSSR count). The van der Waals surface area contributed by atoms with Crippen molar-refractivity contribution in [3.05, 3.63) is 58.9 Å². The molecular weight excluding hydrogens is 278 g/mol. The van der Waals surface area contributed by atoms with Gasteiger partial charge in [0.05, 0.1) is 0 Å². The van der Waals surface area contributed by atoms with Crippen LogP contribution in [0.25, 0.3) is 0 Å². The van der Waals surface area contributed by atoms with Crippen molar-refractivity contribution in [2.75, 3.05) is 0 Å². The Kier molecular flexibility index (Phi) is 4.32. The molecule has 2 aromatic rings. The van der Waals surface area contributed by atoms with Crippen molar-refractivity contribution in [1.82, 2.24) is 0 Å². The number of halogens is 3. The molecular formula is C13H9Cl2FS. The van der Waals surface area contributed by atoms with E-state index in [4.69, 9.17) is 23.2 Å². The van der Waals surface area contributed by atoms with Crippen LogP contribution in [0, 0.1) is 5.82 Å². The van der Waals surface area contributed by atoms with Crippen LogP contribution in [0.4, 0.5) is 4.39 Å². The molecule has 0 aliphatic rings. The van der Waals surface area contributed by atoms with Gasteiger partial charge < -0.3 is 0 Å². The topological polar surface area (TPSA) is 0 Å². The van der Waals surface area contributed by atoms with Gasteiger partial charge in [-0.05, 0) is 42.0 Å². The Morgan fingerprint density at radius 3 is 2.41 bits per heavy atom. The lowest BCUT2D eigenvalue weighted by atomic mass is 10.2. The molecule has 0 spiro atoms. The molecule has 0 saturated heterocycles. The summed E-state index contributed by atoms with van der Waals surface area (Å²) in [5.74, 6) is 0.117. The average molecular weight is 287 g/mol. The minimum absolute atomic E-state index is 0.254. The molecule has 0 heterocycles. The standard InChI is InChI=1S/C13H9Cl2FS/c14-8-9-1-4-11(16)7-13(9)17-12-5-2-10(15)3-6-12/h1-7H,8H2. The maximum Gasteiger partial charge on any atom is 0.124 e. The summed E-state index contributed by atoms with van der Waals surface area (Å²) < 4.78 is 13.2. The molecule has 0 N–H and O–H groups in total. The van der Waals surface area contributed by atoms with Crippen LogP contribution in [0.2, 0.25) is 5.02 Å². The van der Waals surface area contributed by atoms with Gasteiger partial charge in [-0.15, -0.1) is 11.6 Å². The molecule has 4 heteroatoms. The van der Waals surface area contributed by atoms with Gasteiger partial charge in [-0.3, -0.25) is 0 Å². The molecule has 2 aromatic carbocycles. The Morgan fingerprint density at radius 2 is 1.76 bits per heavy atom. The molecule has 0 aliphatic carbocycles. The molecule has 0 bridgehead atoms. The van der Waals surface area contributed by atoms with E-state index in [9.17, 15) is 4.39 Å². The highest BCUT2D eigenvalue weighted by Crippen LogP contribution is 2.32.